The molecular formula is C32H44Cl2N6O8. The number of nitrogens with zero attached hydrogens (tertiary/aromatic N) is 6. The normalized spacial score (nSPS) is 16.4. The van der Waals surface area contributed by atoms with Gasteiger partial charge in [0.15, 0.2) is 17.1 Å². The van der Waals surface area contributed by atoms with E-state index < -0.39 is 26.2 Å². The predicted molar refractivity (Wildman–Crippen MR) is 159 cm³/mol. The zero-order valence-electron chi connectivity index (χ0n) is 28.5. The average Bonchev–Trinajstić information content (AvgIpc) is 3.64. The van der Waals surface area contributed by atoms with Crippen LogP contribution in [-0.2, 0) is 4.29 Å². The van der Waals surface area contributed by atoms with E-state index in [0.717, 1.165) is 16.8 Å². The van der Waals surface area contributed by atoms with Crippen LogP contribution in [0.2, 0.25) is 0 Å². The summed E-state index contributed by atoms with van der Waals surface area (Å²) in [7, 11) is -9.73. The lowest BCUT2D eigenvalue weighted by atomic mass is 10.0. The quantitative estimate of drug-likeness (QED) is 0.125. The first-order valence-electron chi connectivity index (χ1n) is 15.7. The Kier molecular flexibility index (Phi) is 13.3. The number of likely N-dealkylation sites (N-methyl/N-ethyl adjacent to an activating group) is 2. The Hall–Kier alpha value is -2.99. The monoisotopic (exact) mass is 710 g/mol. The van der Waals surface area contributed by atoms with Crippen LogP contribution in [0.4, 0.5) is 5.69 Å². The fourth-order valence-electron chi connectivity index (χ4n) is 6.05. The van der Waals surface area contributed by atoms with Crippen molar-refractivity contribution >= 4 is 11.4 Å². The van der Waals surface area contributed by atoms with E-state index in [-0.39, 0.29) is 12.1 Å². The van der Waals surface area contributed by atoms with Gasteiger partial charge in [-0.2, -0.15) is 14.0 Å². The Balaban J connectivity index is 0.00000116. The summed E-state index contributed by atoms with van der Waals surface area (Å²) in [6.07, 6.45) is 0. The van der Waals surface area contributed by atoms with Gasteiger partial charge in [0.1, 0.15) is 9.98 Å². The van der Waals surface area contributed by atoms with E-state index in [9.17, 15) is 14.0 Å². The molecule has 48 heavy (non-hydrogen) atoms. The first-order valence-corrected chi connectivity index (χ1v) is 18.1. The highest BCUT2D eigenvalue weighted by molar-refractivity contribution is 5.86. The number of benzene rings is 2. The van der Waals surface area contributed by atoms with Crippen LogP contribution < -0.4 is 42.3 Å². The molecule has 0 bridgehead atoms. The fourth-order valence-corrected chi connectivity index (χ4v) is 6.57. The Labute approximate surface area is 286 Å². The predicted octanol–water partition coefficient (Wildman–Crippen LogP) is -2.56. The molecule has 0 spiro atoms. The summed E-state index contributed by atoms with van der Waals surface area (Å²) in [6, 6.07) is 20.0. The second-order valence-electron chi connectivity index (χ2n) is 11.4. The number of hydrogen-bond donors (Lipinski definition) is 0. The van der Waals surface area contributed by atoms with Crippen LogP contribution in [0.1, 0.15) is 55.4 Å². The van der Waals surface area contributed by atoms with Crippen molar-refractivity contribution in [2.45, 2.75) is 73.2 Å². The Bertz CT molecular complexity index is 1440. The van der Waals surface area contributed by atoms with E-state index in [2.05, 4.69) is 32.6 Å². The molecule has 264 valence electrons. The average molecular weight is 712 g/mol. The number of hydrogen-bond acceptors (Lipinski definition) is 13. The van der Waals surface area contributed by atoms with E-state index in [1.54, 1.807) is 0 Å². The van der Waals surface area contributed by atoms with Crippen LogP contribution in [0, 0.1) is 20.5 Å². The molecule has 0 radical (unpaired) electrons. The molecule has 0 saturated carbocycles. The van der Waals surface area contributed by atoms with Crippen molar-refractivity contribution in [3.8, 4) is 22.5 Å². The van der Waals surface area contributed by atoms with Crippen molar-refractivity contribution in [1.82, 2.24) is 20.0 Å². The fraction of sp³-hybridized carbons (Fsp3) is 0.469. The largest absolute Gasteiger partial charge is 0.415 e. The van der Waals surface area contributed by atoms with Gasteiger partial charge < -0.3 is 9.80 Å². The molecule has 1 aliphatic carbocycles. The highest BCUT2D eigenvalue weighted by atomic mass is 35.7. The molecule has 1 aromatic heterocycles. The Morgan fingerprint density at radius 3 is 1.40 bits per heavy atom. The highest BCUT2D eigenvalue weighted by Crippen LogP contribution is 2.53. The number of anilines is 1. The van der Waals surface area contributed by atoms with E-state index in [4.69, 9.17) is 33.1 Å². The summed E-state index contributed by atoms with van der Waals surface area (Å²) < 4.78 is 76.3. The van der Waals surface area contributed by atoms with Crippen molar-refractivity contribution in [2.24, 2.45) is 0 Å². The minimum atomic E-state index is -4.94. The van der Waals surface area contributed by atoms with Crippen molar-refractivity contribution < 1.29 is 62.2 Å². The van der Waals surface area contributed by atoms with Gasteiger partial charge in [-0.15, -0.1) is 10.2 Å². The van der Waals surface area contributed by atoms with Crippen molar-refractivity contribution in [3.05, 3.63) is 66.4 Å². The van der Waals surface area contributed by atoms with Gasteiger partial charge >= 0.3 is 11.4 Å². The topological polar surface area (TPSA) is 210 Å². The molecule has 16 heteroatoms. The van der Waals surface area contributed by atoms with Gasteiger partial charge in [-0.1, -0.05) is 74.5 Å². The Morgan fingerprint density at radius 1 is 0.688 bits per heavy atom. The second-order valence-corrected chi connectivity index (χ2v) is 13.0. The number of aromatic nitrogens is 3. The van der Waals surface area contributed by atoms with E-state index in [1.165, 1.54) is 4.80 Å². The summed E-state index contributed by atoms with van der Waals surface area (Å²) in [5.74, 6) is 0. The third-order valence-corrected chi connectivity index (χ3v) is 8.21. The van der Waals surface area contributed by atoms with Crippen LogP contribution in [0.5, 0.6) is 0 Å². The van der Waals surface area contributed by atoms with Crippen LogP contribution in [0.3, 0.4) is 0 Å². The van der Waals surface area contributed by atoms with Gasteiger partial charge in [-0.25, -0.2) is 23.5 Å². The van der Waals surface area contributed by atoms with Gasteiger partial charge in [-0.05, 0) is 54.6 Å². The maximum Gasteiger partial charge on any atom is 0.415 e. The van der Waals surface area contributed by atoms with Gasteiger partial charge in [0, 0.05) is 46.5 Å². The summed E-state index contributed by atoms with van der Waals surface area (Å²) in [5.41, 5.74) is 3.34. The van der Waals surface area contributed by atoms with Crippen molar-refractivity contribution in [1.29, 1.82) is 0 Å². The number of halogens is 2. The summed E-state index contributed by atoms with van der Waals surface area (Å²) in [4.78, 5) is 7.61. The smallest absolute Gasteiger partial charge is 0.365 e. The zero-order valence-corrected chi connectivity index (χ0v) is 30.0. The van der Waals surface area contributed by atoms with Gasteiger partial charge in [-0.3, -0.25) is 0 Å². The summed E-state index contributed by atoms with van der Waals surface area (Å²) in [5, 5.41) is 10.3. The molecule has 1 heterocycles. The Morgan fingerprint density at radius 2 is 1.08 bits per heavy atom. The lowest BCUT2D eigenvalue weighted by molar-refractivity contribution is -2.00. The molecule has 0 fully saturated rings. The third kappa shape index (κ3) is 9.16. The van der Waals surface area contributed by atoms with Crippen molar-refractivity contribution in [2.75, 3.05) is 31.1 Å². The lowest BCUT2D eigenvalue weighted by Crippen LogP contribution is -2.68. The SMILES string of the molecule is CCN(CC)C1=C([n+]2nc(-c3ccccc3)c(N(C(C)C)C(C)C)c(-c3ccccc3)n2)C1(O[Cl+3]([O-])([O-])[O-])N(CC)CC.[O-][Cl+3]([O-])([O-])[O-]. The van der Waals surface area contributed by atoms with E-state index >= 15 is 0 Å². The van der Waals surface area contributed by atoms with Crippen LogP contribution in [0.25, 0.3) is 28.2 Å². The van der Waals surface area contributed by atoms with Gasteiger partial charge in [0.25, 0.3) is 0 Å². The molecule has 0 aliphatic heterocycles. The van der Waals surface area contributed by atoms with Crippen LogP contribution in [0.15, 0.2) is 66.4 Å². The molecule has 0 N–H and O–H groups in total. The molecule has 4 rings (SSSR count). The molecule has 0 amide bonds. The van der Waals surface area contributed by atoms with E-state index in [1.807, 2.05) is 98.2 Å². The summed E-state index contributed by atoms with van der Waals surface area (Å²) in [6.45, 7) is 18.3. The third-order valence-electron chi connectivity index (χ3n) is 7.80. The minimum absolute atomic E-state index is 0.123. The first-order chi connectivity index (χ1) is 22.4. The molecule has 14 nitrogen and oxygen atoms in total. The maximum atomic E-state index is 12.3. The van der Waals surface area contributed by atoms with Crippen LogP contribution >= 0.6 is 0 Å². The molecule has 0 saturated heterocycles. The summed E-state index contributed by atoms with van der Waals surface area (Å²) >= 11 is 0. The molecule has 1 atom stereocenters. The minimum Gasteiger partial charge on any atom is -0.365 e. The standard InChI is InChI=1S/C32H44ClN6O4.ClHO4/c1-9-36(10-2)30-31(32(30,37(11-3)12-4)43-33(40,41)42)39-34-27(25-19-15-13-16-20-25)29(38(23(5)6)24(7)8)28(35-39)26-21-17-14-18-22-26;2-1(3,4)5/h13-24H,9-12H2,1-8H3;(H,2,3,4,5)/q+1;/p-1. The van der Waals surface area contributed by atoms with Gasteiger partial charge in [0.05, 0.1) is 15.0 Å². The molecule has 1 aliphatic rings. The van der Waals surface area contributed by atoms with Crippen LogP contribution in [-0.4, -0.2) is 64.0 Å². The first kappa shape index (κ1) is 39.4. The maximum absolute atomic E-state index is 12.3. The van der Waals surface area contributed by atoms with Crippen molar-refractivity contribution in [3.63, 3.8) is 0 Å². The van der Waals surface area contributed by atoms with E-state index in [0.29, 0.717) is 49.0 Å². The molecular weight excluding hydrogens is 667 g/mol. The zero-order chi connectivity index (χ0) is 36.0. The molecule has 3 aromatic rings. The molecule has 2 aromatic carbocycles. The number of rotatable bonds is 14. The second kappa shape index (κ2) is 16.1. The lowest BCUT2D eigenvalue weighted by Gasteiger charge is -2.34. The highest BCUT2D eigenvalue weighted by Gasteiger charge is 2.80. The molecule has 1 unspecified atom stereocenters. The van der Waals surface area contributed by atoms with Gasteiger partial charge in [0.2, 0.25) is 0 Å².